The molecular formula is C43H68GdIN13O16+3. The van der Waals surface area contributed by atoms with Gasteiger partial charge in [-0.05, 0) is 72.4 Å². The summed E-state index contributed by atoms with van der Waals surface area (Å²) in [6, 6.07) is -1.41. The molecule has 2 fully saturated rings. The van der Waals surface area contributed by atoms with Gasteiger partial charge in [0.2, 0.25) is 35.4 Å². The van der Waals surface area contributed by atoms with Gasteiger partial charge in [0.25, 0.3) is 0 Å². The van der Waals surface area contributed by atoms with E-state index in [0.717, 1.165) is 0 Å². The van der Waals surface area contributed by atoms with Crippen LogP contribution in [0.4, 0.5) is 0 Å². The Kier molecular flexibility index (Phi) is 31.8. The molecule has 2 aliphatic rings. The van der Waals surface area contributed by atoms with E-state index in [2.05, 4.69) is 36.9 Å². The van der Waals surface area contributed by atoms with Crippen LogP contribution in [-0.2, 0) is 54.4 Å². The van der Waals surface area contributed by atoms with E-state index in [1.54, 1.807) is 25.7 Å². The van der Waals surface area contributed by atoms with Crippen LogP contribution in [0.15, 0.2) is 23.2 Å². The fourth-order valence-electron chi connectivity index (χ4n) is 7.65. The number of rotatable bonds is 21. The van der Waals surface area contributed by atoms with Gasteiger partial charge in [0, 0.05) is 71.9 Å². The zero-order valence-corrected chi connectivity index (χ0v) is 45.0. The van der Waals surface area contributed by atoms with E-state index in [9.17, 15) is 73.5 Å². The van der Waals surface area contributed by atoms with E-state index < -0.39 is 96.5 Å². The van der Waals surface area contributed by atoms with Crippen molar-refractivity contribution in [3.8, 4) is 5.75 Å². The molecule has 1 aromatic rings. The van der Waals surface area contributed by atoms with Crippen molar-refractivity contribution < 1.29 is 119 Å². The van der Waals surface area contributed by atoms with Gasteiger partial charge in [0.05, 0.1) is 42.7 Å². The minimum Gasteiger partial charge on any atom is -0.507 e. The van der Waals surface area contributed by atoms with Gasteiger partial charge in [-0.15, -0.1) is 0 Å². The molecule has 0 aliphatic carbocycles. The first kappa shape index (κ1) is 66.9. The van der Waals surface area contributed by atoms with Crippen molar-refractivity contribution in [1.29, 1.82) is 0 Å². The third-order valence-corrected chi connectivity index (χ3v) is 12.2. The number of nitrogens with zero attached hydrogens (tertiary/aromatic N) is 5. The van der Waals surface area contributed by atoms with Crippen molar-refractivity contribution in [1.82, 2.24) is 51.5 Å². The van der Waals surface area contributed by atoms with Crippen LogP contribution in [-0.4, -0.2) is 238 Å². The number of phenolic OH excluding ortho intramolecular Hbond substituents is 1. The molecule has 0 bridgehead atoms. The van der Waals surface area contributed by atoms with E-state index in [1.807, 2.05) is 22.6 Å². The molecule has 0 aromatic heterocycles. The van der Waals surface area contributed by atoms with Gasteiger partial charge in [-0.25, -0.2) is 0 Å². The van der Waals surface area contributed by atoms with Crippen LogP contribution in [0.5, 0.6) is 5.75 Å². The van der Waals surface area contributed by atoms with E-state index in [4.69, 9.17) is 11.5 Å². The number of unbranched alkanes of at least 4 members (excludes halogenated alkanes) is 1. The maximum atomic E-state index is 14.2. The fraction of sp³-hybridized carbons (Fsp3) is 0.605. The Bertz CT molecular complexity index is 2090. The van der Waals surface area contributed by atoms with Crippen molar-refractivity contribution >= 4 is 87.9 Å². The number of hydrogen-bond donors (Lipinski definition) is 13. The maximum absolute atomic E-state index is 14.2. The molecule has 4 atom stereocenters. The van der Waals surface area contributed by atoms with Crippen molar-refractivity contribution in [3.63, 3.8) is 0 Å². The van der Waals surface area contributed by atoms with E-state index in [1.165, 1.54) is 12.1 Å². The number of guanidine groups is 1. The van der Waals surface area contributed by atoms with Crippen molar-refractivity contribution in [2.45, 2.75) is 69.1 Å². The smallest absolute Gasteiger partial charge is 0.507 e. The van der Waals surface area contributed by atoms with Crippen molar-refractivity contribution in [3.05, 3.63) is 27.3 Å². The number of phenols is 1. The Morgan fingerprint density at radius 2 is 1.09 bits per heavy atom. The number of halogens is 1. The minimum absolute atomic E-state index is 0. The van der Waals surface area contributed by atoms with Crippen molar-refractivity contribution in [2.24, 2.45) is 16.5 Å². The second-order valence-corrected chi connectivity index (χ2v) is 18.4. The standard InChI is InChI=1S/C43H66IN13O15.Gd.H2O/c44-27-18-26(6-7-32(27)58)19-30-41(71)52-29(40(70)51-28(5-3-9-48-43(45)46)39(69)49-21-33(59)50-31(20-35(61)62)42(72)53-30)4-1-2-8-47-34(60)22-54-10-12-55(23-36(63)64)14-16-57(25-38(67)68)17-15-56(13-11-54)24-37(65)66;;/h6-7,18,28-31,58H,1-5,8-17,19-25H2,(H,47,60)(H,49,69)(H,50,59)(H,51,70)(H,52,71)(H,53,72)(H,61,62)(H,63,64)(H,65,66)(H,67,68)(H4,45,46,48);;1H2/q;+3;/t28-,29-,30-,31-;;/m0../s1/i44+0;;. The van der Waals surface area contributed by atoms with Gasteiger partial charge < -0.3 is 74.4 Å². The van der Waals surface area contributed by atoms with Gasteiger partial charge in [-0.3, -0.25) is 72.5 Å². The first-order valence-electron chi connectivity index (χ1n) is 23.1. The number of amides is 6. The summed E-state index contributed by atoms with van der Waals surface area (Å²) in [5, 5.41) is 63.4. The summed E-state index contributed by atoms with van der Waals surface area (Å²) >= 11 is 1.86. The van der Waals surface area contributed by atoms with Crippen LogP contribution >= 0.6 is 22.6 Å². The van der Waals surface area contributed by atoms with Gasteiger partial charge in [-0.1, -0.05) is 6.07 Å². The average Bonchev–Trinajstić information content (AvgIpc) is 3.29. The summed E-state index contributed by atoms with van der Waals surface area (Å²) in [7, 11) is 0. The van der Waals surface area contributed by atoms with Crippen LogP contribution in [0.1, 0.15) is 44.1 Å². The van der Waals surface area contributed by atoms with E-state index in [0.29, 0.717) is 9.13 Å². The predicted molar refractivity (Wildman–Crippen MR) is 267 cm³/mol. The molecule has 6 amide bonds. The molecule has 29 nitrogen and oxygen atoms in total. The van der Waals surface area contributed by atoms with Crippen molar-refractivity contribution in [2.75, 3.05) is 98.2 Å². The summed E-state index contributed by atoms with van der Waals surface area (Å²) in [5.74, 6) is -9.97. The number of carbonyl (C=O) groups excluding carboxylic acids is 6. The average molecular weight is 1310 g/mol. The summed E-state index contributed by atoms with van der Waals surface area (Å²) in [6.07, 6.45) is -0.576. The predicted octanol–water partition coefficient (Wildman–Crippen LogP) is -5.93. The van der Waals surface area contributed by atoms with Crippen LogP contribution in [0, 0.1) is 43.5 Å². The second-order valence-electron chi connectivity index (χ2n) is 17.2. The van der Waals surface area contributed by atoms with Crippen LogP contribution < -0.4 is 43.4 Å². The molecule has 0 spiro atoms. The quantitative estimate of drug-likeness (QED) is 0.0236. The molecule has 0 unspecified atom stereocenters. The molecule has 3 rings (SSSR count). The van der Waals surface area contributed by atoms with Gasteiger partial charge in [0.1, 0.15) is 29.9 Å². The molecule has 0 saturated carbocycles. The molecule has 2 aliphatic heterocycles. The molecule has 17 N–H and O–H groups in total. The molecule has 2 heterocycles. The molecular weight excluding hydrogens is 1240 g/mol. The molecule has 1 aromatic carbocycles. The molecule has 1 radical (unpaired) electrons. The first-order valence-corrected chi connectivity index (χ1v) is 24.2. The maximum Gasteiger partial charge on any atom is 3.00 e. The summed E-state index contributed by atoms with van der Waals surface area (Å²) in [6.45, 7) is -0.0789. The van der Waals surface area contributed by atoms with Crippen LogP contribution in [0.25, 0.3) is 0 Å². The number of aliphatic carboxylic acids is 4. The van der Waals surface area contributed by atoms with E-state index in [-0.39, 0.29) is 187 Å². The topological polar surface area (TPSA) is 453 Å². The molecule has 31 heteroatoms. The Balaban J connectivity index is 0.0000137. The largest absolute Gasteiger partial charge is 3.00 e. The zero-order chi connectivity index (χ0) is 53.3. The number of carboxylic acid groups (broad SMARTS) is 4. The number of nitrogens with one attached hydrogen (secondary N) is 6. The van der Waals surface area contributed by atoms with Gasteiger partial charge >= 0.3 is 63.8 Å². The number of nitrogens with two attached hydrogens (primary N) is 2. The monoisotopic (exact) mass is 1310 g/mol. The Hall–Kier alpha value is -5.16. The Morgan fingerprint density at radius 1 is 0.635 bits per heavy atom. The van der Waals surface area contributed by atoms with Crippen LogP contribution in [0.2, 0.25) is 0 Å². The number of aromatic hydroxyl groups is 1. The number of hydrogen-bond acceptors (Lipinski definition) is 16. The minimum atomic E-state index is -1.70. The van der Waals surface area contributed by atoms with Gasteiger partial charge in [-0.2, -0.15) is 0 Å². The summed E-state index contributed by atoms with van der Waals surface area (Å²) in [5.41, 5.74) is 11.3. The summed E-state index contributed by atoms with van der Waals surface area (Å²) in [4.78, 5) is 139. The molecule has 74 heavy (non-hydrogen) atoms. The number of benzene rings is 1. The third kappa shape index (κ3) is 26.9. The molecule has 2 saturated heterocycles. The summed E-state index contributed by atoms with van der Waals surface area (Å²) < 4.78 is 0.410. The second kappa shape index (κ2) is 35.2. The van der Waals surface area contributed by atoms with Crippen LogP contribution in [0.3, 0.4) is 0 Å². The number of aliphatic imine (C=N–C) groups is 1. The van der Waals surface area contributed by atoms with E-state index >= 15 is 0 Å². The Morgan fingerprint density at radius 3 is 1.58 bits per heavy atom. The SMILES string of the molecule is NC(N)=NCCC[C@@H]1NC(=O)[C@H](CCCCNC(=O)CN2CCN(CC(=O)O)CCN(CC(=O)O)CCN(CC(=O)O)CC2)NC(=O)[C@H](Cc2ccc(O)c([127I])c2)NC(=O)[C@H](CC(=O)O)NC(=O)CNC1=O.O.[Gd+3]. The fourth-order valence-corrected chi connectivity index (χ4v) is 8.23. The number of carboxylic acids is 4. The first-order chi connectivity index (χ1) is 34.1. The normalized spacial score (nSPS) is 20.5. The Labute approximate surface area is 471 Å². The molecule has 413 valence electrons. The third-order valence-electron chi connectivity index (χ3n) is 11.4. The number of carbonyl (C=O) groups is 10. The van der Waals surface area contributed by atoms with Gasteiger partial charge in [0.15, 0.2) is 5.96 Å². The zero-order valence-electron chi connectivity index (χ0n) is 40.5.